The first-order chi connectivity index (χ1) is 8.58. The Morgan fingerprint density at radius 3 is 2.39 bits per heavy atom. The predicted octanol–water partition coefficient (Wildman–Crippen LogP) is 3.69. The van der Waals surface area contributed by atoms with Crippen LogP contribution in [-0.4, -0.2) is 15.9 Å². The van der Waals surface area contributed by atoms with Crippen LogP contribution in [-0.2, 0) is 0 Å². The maximum absolute atomic E-state index is 11.9. The van der Waals surface area contributed by atoms with Gasteiger partial charge in [-0.1, -0.05) is 40.9 Å². The van der Waals surface area contributed by atoms with E-state index in [4.69, 9.17) is 34.8 Å². The average molecular weight is 303 g/mol. The van der Waals surface area contributed by atoms with Gasteiger partial charge < -0.3 is 5.32 Å². The van der Waals surface area contributed by atoms with Crippen molar-refractivity contribution in [3.63, 3.8) is 0 Å². The first kappa shape index (κ1) is 13.1. The summed E-state index contributed by atoms with van der Waals surface area (Å²) in [5.41, 5.74) is 0.408. The molecule has 2 rings (SSSR count). The Bertz CT molecular complexity index is 584. The van der Waals surface area contributed by atoms with Crippen LogP contribution in [0.15, 0.2) is 30.6 Å². The average Bonchev–Trinajstić information content (AvgIpc) is 2.34. The number of benzene rings is 1. The van der Waals surface area contributed by atoms with Crippen LogP contribution in [0.25, 0.3) is 0 Å². The fourth-order valence-electron chi connectivity index (χ4n) is 1.25. The van der Waals surface area contributed by atoms with E-state index in [0.717, 1.165) is 0 Å². The van der Waals surface area contributed by atoms with Crippen molar-refractivity contribution in [2.45, 2.75) is 0 Å². The van der Waals surface area contributed by atoms with Crippen LogP contribution < -0.4 is 5.32 Å². The lowest BCUT2D eigenvalue weighted by atomic mass is 10.3. The van der Waals surface area contributed by atoms with Crippen molar-refractivity contribution in [3.8, 4) is 0 Å². The van der Waals surface area contributed by atoms with Gasteiger partial charge in [-0.05, 0) is 12.1 Å². The monoisotopic (exact) mass is 301 g/mol. The molecular weight excluding hydrogens is 296 g/mol. The number of carbonyl (C=O) groups excluding carboxylic acids is 1. The van der Waals surface area contributed by atoms with Gasteiger partial charge in [0.2, 0.25) is 0 Å². The summed E-state index contributed by atoms with van der Waals surface area (Å²) < 4.78 is 0. The third-order valence-corrected chi connectivity index (χ3v) is 2.85. The summed E-state index contributed by atoms with van der Waals surface area (Å²) in [7, 11) is 0. The van der Waals surface area contributed by atoms with Gasteiger partial charge in [-0.3, -0.25) is 9.78 Å². The smallest absolute Gasteiger partial charge is 0.276 e. The van der Waals surface area contributed by atoms with Crippen molar-refractivity contribution in [1.29, 1.82) is 0 Å². The Kier molecular flexibility index (Phi) is 4.01. The number of halogens is 3. The van der Waals surface area contributed by atoms with Crippen LogP contribution in [0.1, 0.15) is 10.5 Å². The topological polar surface area (TPSA) is 54.9 Å². The summed E-state index contributed by atoms with van der Waals surface area (Å²) in [5, 5.41) is 3.37. The van der Waals surface area contributed by atoms with E-state index in [2.05, 4.69) is 15.3 Å². The normalized spacial score (nSPS) is 10.2. The van der Waals surface area contributed by atoms with Crippen LogP contribution in [0.3, 0.4) is 0 Å². The first-order valence-electron chi connectivity index (χ1n) is 4.81. The van der Waals surface area contributed by atoms with Crippen LogP contribution in [0, 0.1) is 0 Å². The van der Waals surface area contributed by atoms with Gasteiger partial charge in [0.15, 0.2) is 0 Å². The minimum Gasteiger partial charge on any atom is -0.318 e. The Morgan fingerprint density at radius 1 is 1.11 bits per heavy atom. The van der Waals surface area contributed by atoms with E-state index in [-0.39, 0.29) is 10.8 Å². The number of aromatic nitrogens is 2. The molecule has 1 N–H and O–H groups in total. The number of rotatable bonds is 2. The van der Waals surface area contributed by atoms with Crippen molar-refractivity contribution < 1.29 is 4.79 Å². The minimum absolute atomic E-state index is 0.0819. The molecule has 0 atom stereocenters. The zero-order chi connectivity index (χ0) is 13.1. The molecule has 1 amide bonds. The Morgan fingerprint density at radius 2 is 1.78 bits per heavy atom. The van der Waals surface area contributed by atoms with Gasteiger partial charge in [-0.15, -0.1) is 0 Å². The van der Waals surface area contributed by atoms with Gasteiger partial charge in [0, 0.05) is 0 Å². The summed E-state index contributed by atoms with van der Waals surface area (Å²) in [4.78, 5) is 19.5. The van der Waals surface area contributed by atoms with Crippen molar-refractivity contribution in [1.82, 2.24) is 9.97 Å². The third-order valence-electron chi connectivity index (χ3n) is 2.04. The lowest BCUT2D eigenvalue weighted by Gasteiger charge is -2.08. The van der Waals surface area contributed by atoms with E-state index in [9.17, 15) is 4.79 Å². The highest BCUT2D eigenvalue weighted by molar-refractivity contribution is 6.40. The zero-order valence-corrected chi connectivity index (χ0v) is 11.1. The Balaban J connectivity index is 2.27. The fraction of sp³-hybridized carbons (Fsp3) is 0. The second-order valence-corrected chi connectivity index (χ2v) is 4.48. The van der Waals surface area contributed by atoms with Gasteiger partial charge in [0.1, 0.15) is 10.8 Å². The van der Waals surface area contributed by atoms with E-state index in [1.807, 2.05) is 0 Å². The second kappa shape index (κ2) is 5.52. The Hall–Kier alpha value is -1.36. The number of para-hydroxylation sites is 1. The summed E-state index contributed by atoms with van der Waals surface area (Å²) in [6.07, 6.45) is 2.63. The molecule has 0 aliphatic heterocycles. The Labute approximate surface area is 118 Å². The molecule has 0 radical (unpaired) electrons. The molecule has 1 aromatic heterocycles. The molecule has 92 valence electrons. The summed E-state index contributed by atoms with van der Waals surface area (Å²) in [5.74, 6) is -0.486. The number of carbonyl (C=O) groups is 1. The maximum Gasteiger partial charge on any atom is 0.276 e. The summed E-state index contributed by atoms with van der Waals surface area (Å²) in [6, 6.07) is 4.92. The van der Waals surface area contributed by atoms with Gasteiger partial charge in [-0.25, -0.2) is 4.98 Å². The number of anilines is 1. The largest absolute Gasteiger partial charge is 0.318 e. The fourth-order valence-corrected chi connectivity index (χ4v) is 1.89. The van der Waals surface area contributed by atoms with Crippen LogP contribution >= 0.6 is 34.8 Å². The molecule has 0 bridgehead atoms. The van der Waals surface area contributed by atoms with Crippen molar-refractivity contribution in [2.24, 2.45) is 0 Å². The molecule has 0 unspecified atom stereocenters. The molecule has 0 saturated heterocycles. The molecular formula is C11H6Cl3N3O. The van der Waals surface area contributed by atoms with E-state index >= 15 is 0 Å². The zero-order valence-electron chi connectivity index (χ0n) is 8.82. The van der Waals surface area contributed by atoms with Gasteiger partial charge in [-0.2, -0.15) is 0 Å². The van der Waals surface area contributed by atoms with Gasteiger partial charge in [0.25, 0.3) is 5.91 Å². The van der Waals surface area contributed by atoms with Crippen molar-refractivity contribution >= 4 is 46.4 Å². The summed E-state index contributed by atoms with van der Waals surface area (Å²) in [6.45, 7) is 0. The number of nitrogens with one attached hydrogen (secondary N) is 1. The van der Waals surface area contributed by atoms with Crippen molar-refractivity contribution in [2.75, 3.05) is 5.32 Å². The van der Waals surface area contributed by atoms with Crippen LogP contribution in [0.5, 0.6) is 0 Å². The molecule has 0 spiro atoms. The van der Waals surface area contributed by atoms with Gasteiger partial charge in [0.05, 0.1) is 28.1 Å². The number of hydrogen-bond acceptors (Lipinski definition) is 3. The molecule has 0 aliphatic rings. The SMILES string of the molecule is O=C(Nc1c(Cl)cccc1Cl)c1cncc(Cl)n1. The van der Waals surface area contributed by atoms with Crippen LogP contribution in [0.4, 0.5) is 5.69 Å². The molecule has 18 heavy (non-hydrogen) atoms. The molecule has 0 aliphatic carbocycles. The lowest BCUT2D eigenvalue weighted by molar-refractivity contribution is 0.102. The van der Waals surface area contributed by atoms with E-state index in [1.54, 1.807) is 18.2 Å². The lowest BCUT2D eigenvalue weighted by Crippen LogP contribution is -2.14. The molecule has 0 fully saturated rings. The highest BCUT2D eigenvalue weighted by Crippen LogP contribution is 2.30. The number of nitrogens with zero attached hydrogens (tertiary/aromatic N) is 2. The molecule has 0 saturated carbocycles. The van der Waals surface area contributed by atoms with E-state index < -0.39 is 5.91 Å². The number of amides is 1. The molecule has 7 heteroatoms. The van der Waals surface area contributed by atoms with E-state index in [1.165, 1.54) is 12.4 Å². The van der Waals surface area contributed by atoms with Gasteiger partial charge >= 0.3 is 0 Å². The quantitative estimate of drug-likeness (QED) is 0.920. The molecule has 4 nitrogen and oxygen atoms in total. The molecule has 2 aromatic rings. The van der Waals surface area contributed by atoms with Crippen molar-refractivity contribution in [3.05, 3.63) is 51.5 Å². The third kappa shape index (κ3) is 2.90. The summed E-state index contributed by atoms with van der Waals surface area (Å²) >= 11 is 17.5. The second-order valence-electron chi connectivity index (χ2n) is 3.28. The highest BCUT2D eigenvalue weighted by atomic mass is 35.5. The highest BCUT2D eigenvalue weighted by Gasteiger charge is 2.13. The predicted molar refractivity (Wildman–Crippen MR) is 71.5 cm³/mol. The van der Waals surface area contributed by atoms with E-state index in [0.29, 0.717) is 15.7 Å². The number of hydrogen-bond donors (Lipinski definition) is 1. The molecule has 1 aromatic carbocycles. The maximum atomic E-state index is 11.9. The molecule has 1 heterocycles. The van der Waals surface area contributed by atoms with Crippen LogP contribution in [0.2, 0.25) is 15.2 Å². The standard InChI is InChI=1S/C11H6Cl3N3O/c12-6-2-1-3-7(13)10(6)17-11(18)8-4-15-5-9(14)16-8/h1-5H,(H,17,18). The minimum atomic E-state index is -0.486. The first-order valence-corrected chi connectivity index (χ1v) is 5.94.